The maximum Gasteiger partial charge on any atom is 0.239 e. The van der Waals surface area contributed by atoms with Crippen LogP contribution in [0, 0.1) is 6.92 Å². The molecule has 0 spiro atoms. The molecule has 4 nitrogen and oxygen atoms in total. The van der Waals surface area contributed by atoms with E-state index in [-0.39, 0.29) is 0 Å². The molecule has 0 bridgehead atoms. The second-order valence-electron chi connectivity index (χ2n) is 3.79. The maximum atomic E-state index is 5.96. The van der Waals surface area contributed by atoms with Gasteiger partial charge in [0.15, 0.2) is 0 Å². The maximum absolute atomic E-state index is 5.96. The minimum atomic E-state index is 0.454. The molecule has 1 N–H and O–H groups in total. The van der Waals surface area contributed by atoms with Crippen molar-refractivity contribution in [1.82, 2.24) is 9.97 Å². The van der Waals surface area contributed by atoms with E-state index in [1.165, 1.54) is 0 Å². The van der Waals surface area contributed by atoms with E-state index in [9.17, 15) is 0 Å². The van der Waals surface area contributed by atoms with E-state index in [0.29, 0.717) is 17.4 Å². The van der Waals surface area contributed by atoms with Crippen LogP contribution in [0.4, 0.5) is 5.82 Å². The van der Waals surface area contributed by atoms with Crippen molar-refractivity contribution in [3.05, 3.63) is 41.2 Å². The van der Waals surface area contributed by atoms with Gasteiger partial charge in [0.2, 0.25) is 5.88 Å². The second-order valence-corrected chi connectivity index (χ2v) is 4.19. The molecule has 2 aromatic rings. The molecule has 0 aliphatic rings. The van der Waals surface area contributed by atoms with Gasteiger partial charge in [-0.1, -0.05) is 11.6 Å². The van der Waals surface area contributed by atoms with Crippen molar-refractivity contribution in [1.29, 1.82) is 0 Å². The minimum Gasteiger partial charge on any atom is -0.437 e. The summed E-state index contributed by atoms with van der Waals surface area (Å²) in [6.07, 6.45) is 3.23. The molecule has 18 heavy (non-hydrogen) atoms. The van der Waals surface area contributed by atoms with Gasteiger partial charge in [0.05, 0.1) is 12.4 Å². The molecule has 1 heterocycles. The quantitative estimate of drug-likeness (QED) is 0.914. The molecule has 0 saturated heterocycles. The number of aromatic nitrogens is 2. The third-order valence-corrected chi connectivity index (χ3v) is 2.75. The Morgan fingerprint density at radius 2 is 2.17 bits per heavy atom. The van der Waals surface area contributed by atoms with E-state index >= 15 is 0 Å². The van der Waals surface area contributed by atoms with Crippen molar-refractivity contribution in [2.75, 3.05) is 11.9 Å². The van der Waals surface area contributed by atoms with Crippen molar-refractivity contribution in [3.63, 3.8) is 0 Å². The summed E-state index contributed by atoms with van der Waals surface area (Å²) >= 11 is 5.96. The van der Waals surface area contributed by atoms with Crippen molar-refractivity contribution in [2.24, 2.45) is 0 Å². The predicted molar refractivity (Wildman–Crippen MR) is 72.5 cm³/mol. The molecule has 0 radical (unpaired) electrons. The zero-order valence-corrected chi connectivity index (χ0v) is 11.0. The van der Waals surface area contributed by atoms with Gasteiger partial charge in [0.25, 0.3) is 0 Å². The molecular formula is C13H14ClN3O. The number of nitrogens with one attached hydrogen (secondary N) is 1. The van der Waals surface area contributed by atoms with Gasteiger partial charge >= 0.3 is 0 Å². The molecule has 0 saturated carbocycles. The van der Waals surface area contributed by atoms with Crippen LogP contribution in [-0.2, 0) is 0 Å². The highest BCUT2D eigenvalue weighted by Crippen LogP contribution is 2.24. The van der Waals surface area contributed by atoms with Crippen molar-refractivity contribution in [2.45, 2.75) is 13.8 Å². The third kappa shape index (κ3) is 3.11. The van der Waals surface area contributed by atoms with Gasteiger partial charge in [-0.2, -0.15) is 4.98 Å². The molecule has 5 heteroatoms. The first-order valence-corrected chi connectivity index (χ1v) is 6.06. The number of nitrogens with zero attached hydrogens (tertiary/aromatic N) is 2. The Kier molecular flexibility index (Phi) is 3.99. The summed E-state index contributed by atoms with van der Waals surface area (Å²) in [5, 5.41) is 3.80. The molecule has 0 unspecified atom stereocenters. The van der Waals surface area contributed by atoms with Gasteiger partial charge in [0.1, 0.15) is 11.6 Å². The third-order valence-electron chi connectivity index (χ3n) is 2.32. The van der Waals surface area contributed by atoms with Crippen LogP contribution in [0.2, 0.25) is 5.02 Å². The molecule has 0 fully saturated rings. The Morgan fingerprint density at radius 3 is 2.89 bits per heavy atom. The van der Waals surface area contributed by atoms with Crippen LogP contribution in [0.3, 0.4) is 0 Å². The number of aryl methyl sites for hydroxylation is 1. The Bertz CT molecular complexity index is 546. The fourth-order valence-corrected chi connectivity index (χ4v) is 1.58. The average molecular weight is 264 g/mol. The number of anilines is 1. The zero-order valence-electron chi connectivity index (χ0n) is 10.3. The fourth-order valence-electron chi connectivity index (χ4n) is 1.46. The number of hydrogen-bond acceptors (Lipinski definition) is 4. The molecule has 94 valence electrons. The second kappa shape index (κ2) is 5.69. The number of ether oxygens (including phenoxy) is 1. The van der Waals surface area contributed by atoms with Crippen LogP contribution in [0.25, 0.3) is 0 Å². The zero-order chi connectivity index (χ0) is 13.0. The van der Waals surface area contributed by atoms with Crippen LogP contribution in [-0.4, -0.2) is 16.5 Å². The summed E-state index contributed by atoms with van der Waals surface area (Å²) in [7, 11) is 0. The van der Waals surface area contributed by atoms with Crippen molar-refractivity contribution in [3.8, 4) is 11.6 Å². The highest BCUT2D eigenvalue weighted by molar-refractivity contribution is 6.31. The van der Waals surface area contributed by atoms with E-state index in [2.05, 4.69) is 15.3 Å². The number of halogens is 1. The lowest BCUT2D eigenvalue weighted by molar-refractivity contribution is 0.460. The summed E-state index contributed by atoms with van der Waals surface area (Å²) < 4.78 is 5.63. The topological polar surface area (TPSA) is 47.0 Å². The molecule has 0 aliphatic heterocycles. The van der Waals surface area contributed by atoms with E-state index in [1.54, 1.807) is 24.5 Å². The van der Waals surface area contributed by atoms with Crippen molar-refractivity contribution < 1.29 is 4.74 Å². The van der Waals surface area contributed by atoms with Gasteiger partial charge in [-0.05, 0) is 37.6 Å². The highest BCUT2D eigenvalue weighted by Gasteiger charge is 2.03. The highest BCUT2D eigenvalue weighted by atomic mass is 35.5. The van der Waals surface area contributed by atoms with E-state index in [0.717, 1.165) is 17.1 Å². The predicted octanol–water partition coefficient (Wildman–Crippen LogP) is 3.66. The normalized spacial score (nSPS) is 10.2. The Labute approximate surface area is 111 Å². The lowest BCUT2D eigenvalue weighted by atomic mass is 10.2. The summed E-state index contributed by atoms with van der Waals surface area (Å²) in [5.41, 5.74) is 0.963. The van der Waals surface area contributed by atoms with Gasteiger partial charge in [-0.15, -0.1) is 0 Å². The first kappa shape index (κ1) is 12.6. The molecular weight excluding hydrogens is 250 g/mol. The van der Waals surface area contributed by atoms with Crippen LogP contribution in [0.1, 0.15) is 12.5 Å². The van der Waals surface area contributed by atoms with Gasteiger partial charge < -0.3 is 10.1 Å². The molecule has 0 atom stereocenters. The number of hydrogen-bond donors (Lipinski definition) is 1. The van der Waals surface area contributed by atoms with E-state index in [4.69, 9.17) is 16.3 Å². The van der Waals surface area contributed by atoms with E-state index in [1.807, 2.05) is 19.9 Å². The van der Waals surface area contributed by atoms with Crippen LogP contribution in [0.15, 0.2) is 30.6 Å². The average Bonchev–Trinajstić information content (AvgIpc) is 2.35. The lowest BCUT2D eigenvalue weighted by Crippen LogP contribution is -2.00. The lowest BCUT2D eigenvalue weighted by Gasteiger charge is -2.07. The summed E-state index contributed by atoms with van der Waals surface area (Å²) in [6, 6.07) is 5.47. The van der Waals surface area contributed by atoms with Crippen LogP contribution in [0.5, 0.6) is 11.6 Å². The monoisotopic (exact) mass is 263 g/mol. The minimum absolute atomic E-state index is 0.454. The first-order valence-electron chi connectivity index (χ1n) is 5.69. The Hall–Kier alpha value is -1.81. The molecule has 2 rings (SSSR count). The van der Waals surface area contributed by atoms with Crippen LogP contribution >= 0.6 is 11.6 Å². The Morgan fingerprint density at radius 1 is 1.33 bits per heavy atom. The smallest absolute Gasteiger partial charge is 0.239 e. The van der Waals surface area contributed by atoms with Gasteiger partial charge in [-0.25, -0.2) is 0 Å². The van der Waals surface area contributed by atoms with Crippen molar-refractivity contribution >= 4 is 17.4 Å². The molecule has 0 aliphatic carbocycles. The fraction of sp³-hybridized carbons (Fsp3) is 0.231. The summed E-state index contributed by atoms with van der Waals surface area (Å²) in [6.45, 7) is 4.71. The number of rotatable bonds is 4. The molecule has 1 aromatic carbocycles. The van der Waals surface area contributed by atoms with Gasteiger partial charge in [0, 0.05) is 11.6 Å². The first-order chi connectivity index (χ1) is 8.69. The van der Waals surface area contributed by atoms with E-state index < -0.39 is 0 Å². The largest absolute Gasteiger partial charge is 0.437 e. The summed E-state index contributed by atoms with van der Waals surface area (Å²) in [4.78, 5) is 8.34. The Balaban J connectivity index is 2.17. The molecule has 1 aromatic heterocycles. The van der Waals surface area contributed by atoms with Gasteiger partial charge in [-0.3, -0.25) is 4.98 Å². The number of benzene rings is 1. The molecule has 0 amide bonds. The van der Waals surface area contributed by atoms with Crippen LogP contribution < -0.4 is 10.1 Å². The summed E-state index contributed by atoms with van der Waals surface area (Å²) in [5.74, 6) is 1.84. The standard InChI is InChI=1S/C13H14ClN3O/c1-3-16-12-7-15-8-13(17-12)18-10-4-5-11(14)9(2)6-10/h4-8H,3H2,1-2H3,(H,16,17). The SMILES string of the molecule is CCNc1cncc(Oc2ccc(Cl)c(C)c2)n1.